The van der Waals surface area contributed by atoms with E-state index in [4.69, 9.17) is 4.74 Å². The Hall–Kier alpha value is -2.04. The van der Waals surface area contributed by atoms with Crippen LogP contribution in [-0.4, -0.2) is 42.1 Å². The molecule has 0 atom stereocenters. The Balaban J connectivity index is 1.27. The van der Waals surface area contributed by atoms with Crippen molar-refractivity contribution in [2.45, 2.75) is 62.9 Å². The van der Waals surface area contributed by atoms with Crippen molar-refractivity contribution in [1.82, 2.24) is 10.2 Å². The van der Waals surface area contributed by atoms with Crippen LogP contribution in [0, 0.1) is 5.92 Å². The highest BCUT2D eigenvalue weighted by atomic mass is 16.6. The zero-order valence-corrected chi connectivity index (χ0v) is 15.8. The Labute approximate surface area is 155 Å². The third-order valence-corrected chi connectivity index (χ3v) is 6.55. The molecule has 2 amide bonds. The maximum absolute atomic E-state index is 12.7. The van der Waals surface area contributed by atoms with Gasteiger partial charge in [-0.05, 0) is 48.6 Å². The highest BCUT2D eigenvalue weighted by molar-refractivity contribution is 5.81. The number of hydrogen-bond donors (Lipinski definition) is 1. The Kier molecular flexibility index (Phi) is 4.20. The largest absolute Gasteiger partial charge is 0.447 e. The van der Waals surface area contributed by atoms with E-state index in [-0.39, 0.29) is 23.5 Å². The maximum atomic E-state index is 12.7. The van der Waals surface area contributed by atoms with Crippen molar-refractivity contribution in [2.24, 2.45) is 5.92 Å². The lowest BCUT2D eigenvalue weighted by molar-refractivity contribution is -0.143. The zero-order valence-electron chi connectivity index (χ0n) is 15.8. The van der Waals surface area contributed by atoms with Crippen molar-refractivity contribution in [1.29, 1.82) is 0 Å². The highest BCUT2D eigenvalue weighted by Crippen LogP contribution is 2.44. The summed E-state index contributed by atoms with van der Waals surface area (Å²) in [6.07, 6.45) is 3.14. The SMILES string of the molecule is CC(C)c1ccc(C2CC(N(C)C(=O)C3CC4(COC(=O)N4)C3)C2)cc1. The van der Waals surface area contributed by atoms with E-state index in [0.29, 0.717) is 37.3 Å². The van der Waals surface area contributed by atoms with Gasteiger partial charge in [0.1, 0.15) is 6.61 Å². The van der Waals surface area contributed by atoms with Gasteiger partial charge in [0, 0.05) is 19.0 Å². The number of amides is 2. The molecule has 0 aromatic heterocycles. The van der Waals surface area contributed by atoms with E-state index in [1.165, 1.54) is 11.1 Å². The number of nitrogens with zero attached hydrogens (tertiary/aromatic N) is 1. The smallest absolute Gasteiger partial charge is 0.407 e. The Bertz CT molecular complexity index is 700. The monoisotopic (exact) mass is 356 g/mol. The predicted octanol–water partition coefficient (Wildman–Crippen LogP) is 3.40. The van der Waals surface area contributed by atoms with Gasteiger partial charge in [0.15, 0.2) is 0 Å². The fraction of sp³-hybridized carbons (Fsp3) is 0.619. The summed E-state index contributed by atoms with van der Waals surface area (Å²) in [5.41, 5.74) is 2.48. The molecule has 1 aromatic rings. The number of carbonyl (C=O) groups excluding carboxylic acids is 2. The van der Waals surface area contributed by atoms with Crippen molar-refractivity contribution in [3.63, 3.8) is 0 Å². The summed E-state index contributed by atoms with van der Waals surface area (Å²) in [7, 11) is 1.93. The van der Waals surface area contributed by atoms with E-state index in [2.05, 4.69) is 43.4 Å². The van der Waals surface area contributed by atoms with Crippen LogP contribution in [0.15, 0.2) is 24.3 Å². The molecule has 2 aliphatic carbocycles. The van der Waals surface area contributed by atoms with Crippen molar-refractivity contribution >= 4 is 12.0 Å². The van der Waals surface area contributed by atoms with Gasteiger partial charge >= 0.3 is 6.09 Å². The second kappa shape index (κ2) is 6.29. The molecule has 5 nitrogen and oxygen atoms in total. The van der Waals surface area contributed by atoms with Crippen LogP contribution in [0.2, 0.25) is 0 Å². The second-order valence-electron chi connectivity index (χ2n) is 8.68. The van der Waals surface area contributed by atoms with Gasteiger partial charge in [-0.15, -0.1) is 0 Å². The Morgan fingerprint density at radius 1 is 1.23 bits per heavy atom. The summed E-state index contributed by atoms with van der Waals surface area (Å²) < 4.78 is 4.99. The van der Waals surface area contributed by atoms with Crippen LogP contribution in [0.25, 0.3) is 0 Å². The third-order valence-electron chi connectivity index (χ3n) is 6.55. The molecule has 140 valence electrons. The van der Waals surface area contributed by atoms with Gasteiger partial charge in [-0.3, -0.25) is 4.79 Å². The number of nitrogens with one attached hydrogen (secondary N) is 1. The molecule has 1 aromatic carbocycles. The molecular weight excluding hydrogens is 328 g/mol. The van der Waals surface area contributed by atoms with Gasteiger partial charge in [-0.1, -0.05) is 38.1 Å². The number of rotatable bonds is 4. The van der Waals surface area contributed by atoms with Crippen LogP contribution < -0.4 is 5.32 Å². The summed E-state index contributed by atoms with van der Waals surface area (Å²) in [6.45, 7) is 4.82. The first-order valence-corrected chi connectivity index (χ1v) is 9.68. The minimum absolute atomic E-state index is 0.0198. The molecule has 3 aliphatic rings. The summed E-state index contributed by atoms with van der Waals surface area (Å²) in [5.74, 6) is 1.36. The van der Waals surface area contributed by atoms with Gasteiger partial charge < -0.3 is 15.0 Å². The Morgan fingerprint density at radius 2 is 1.88 bits per heavy atom. The van der Waals surface area contributed by atoms with E-state index < -0.39 is 0 Å². The molecule has 1 N–H and O–H groups in total. The van der Waals surface area contributed by atoms with Gasteiger partial charge in [-0.25, -0.2) is 4.79 Å². The van der Waals surface area contributed by atoms with E-state index in [0.717, 1.165) is 12.8 Å². The molecule has 1 spiro atoms. The molecule has 1 aliphatic heterocycles. The fourth-order valence-electron chi connectivity index (χ4n) is 4.57. The van der Waals surface area contributed by atoms with Crippen LogP contribution in [0.4, 0.5) is 4.79 Å². The topological polar surface area (TPSA) is 58.6 Å². The average molecular weight is 356 g/mol. The minimum atomic E-state index is -0.352. The number of ether oxygens (including phenoxy) is 1. The lowest BCUT2D eigenvalue weighted by Gasteiger charge is -2.47. The molecule has 1 heterocycles. The molecule has 4 rings (SSSR count). The standard InChI is InChI=1S/C21H28N2O3/c1-13(2)14-4-6-15(7-5-14)16-8-18(9-16)23(3)19(24)17-10-21(11-17)12-26-20(25)22-21/h4-7,13,16-18H,8-12H2,1-3H3,(H,22,25). The molecular formula is C21H28N2O3. The van der Waals surface area contributed by atoms with Crippen LogP contribution in [0.5, 0.6) is 0 Å². The number of alkyl carbamates (subject to hydrolysis) is 1. The van der Waals surface area contributed by atoms with Crippen molar-refractivity contribution in [3.05, 3.63) is 35.4 Å². The normalized spacial score (nSPS) is 32.6. The first-order valence-electron chi connectivity index (χ1n) is 9.68. The molecule has 2 saturated carbocycles. The molecule has 3 fully saturated rings. The van der Waals surface area contributed by atoms with Crippen molar-refractivity contribution in [2.75, 3.05) is 13.7 Å². The van der Waals surface area contributed by atoms with E-state index in [1.54, 1.807) is 0 Å². The quantitative estimate of drug-likeness (QED) is 0.899. The minimum Gasteiger partial charge on any atom is -0.447 e. The Morgan fingerprint density at radius 3 is 2.42 bits per heavy atom. The summed E-state index contributed by atoms with van der Waals surface area (Å²) in [5, 5.41) is 2.86. The first kappa shape index (κ1) is 17.4. The average Bonchev–Trinajstić information content (AvgIpc) is 2.94. The van der Waals surface area contributed by atoms with Crippen LogP contribution in [-0.2, 0) is 9.53 Å². The molecule has 26 heavy (non-hydrogen) atoms. The molecule has 0 radical (unpaired) electrons. The van der Waals surface area contributed by atoms with Gasteiger partial charge in [0.05, 0.1) is 5.54 Å². The highest BCUT2D eigenvalue weighted by Gasteiger charge is 2.53. The lowest BCUT2D eigenvalue weighted by atomic mass is 9.67. The van der Waals surface area contributed by atoms with Crippen LogP contribution >= 0.6 is 0 Å². The summed E-state index contributed by atoms with van der Waals surface area (Å²) >= 11 is 0. The molecule has 0 bridgehead atoms. The maximum Gasteiger partial charge on any atom is 0.407 e. The summed E-state index contributed by atoms with van der Waals surface area (Å²) in [6, 6.07) is 9.29. The number of benzene rings is 1. The lowest BCUT2D eigenvalue weighted by Crippen LogP contribution is -2.59. The van der Waals surface area contributed by atoms with Crippen LogP contribution in [0.1, 0.15) is 62.5 Å². The molecule has 1 saturated heterocycles. The van der Waals surface area contributed by atoms with Gasteiger partial charge in [-0.2, -0.15) is 0 Å². The van der Waals surface area contributed by atoms with Crippen LogP contribution in [0.3, 0.4) is 0 Å². The van der Waals surface area contributed by atoms with E-state index in [1.807, 2.05) is 11.9 Å². The number of cyclic esters (lactones) is 1. The third kappa shape index (κ3) is 2.97. The zero-order chi connectivity index (χ0) is 18.5. The second-order valence-corrected chi connectivity index (χ2v) is 8.68. The van der Waals surface area contributed by atoms with Crippen molar-refractivity contribution < 1.29 is 14.3 Å². The van der Waals surface area contributed by atoms with E-state index in [9.17, 15) is 9.59 Å². The van der Waals surface area contributed by atoms with Gasteiger partial charge in [0.25, 0.3) is 0 Å². The van der Waals surface area contributed by atoms with Gasteiger partial charge in [0.2, 0.25) is 5.91 Å². The first-order chi connectivity index (χ1) is 12.4. The van der Waals surface area contributed by atoms with E-state index >= 15 is 0 Å². The summed E-state index contributed by atoms with van der Waals surface area (Å²) in [4.78, 5) is 25.9. The molecule has 0 unspecified atom stereocenters. The number of carbonyl (C=O) groups is 2. The molecule has 5 heteroatoms. The number of hydrogen-bond acceptors (Lipinski definition) is 3. The predicted molar refractivity (Wildman–Crippen MR) is 99.0 cm³/mol. The van der Waals surface area contributed by atoms with Crippen molar-refractivity contribution in [3.8, 4) is 0 Å². The fourth-order valence-corrected chi connectivity index (χ4v) is 4.57.